The van der Waals surface area contributed by atoms with Crippen LogP contribution in [0.4, 0.5) is 0 Å². The van der Waals surface area contributed by atoms with E-state index in [0.29, 0.717) is 12.0 Å². The molecule has 0 atom stereocenters. The smallest absolute Gasteiger partial charge is 0.192 e. The molecule has 2 heteroatoms. The van der Waals surface area contributed by atoms with Gasteiger partial charge in [-0.15, -0.1) is 0 Å². The van der Waals surface area contributed by atoms with Crippen molar-refractivity contribution in [3.05, 3.63) is 59.3 Å². The molecule has 1 aliphatic carbocycles. The largest absolute Gasteiger partial charge is 0.413 e. The van der Waals surface area contributed by atoms with Crippen molar-refractivity contribution < 1.29 is 4.43 Å². The van der Waals surface area contributed by atoms with E-state index in [9.17, 15) is 0 Å². The number of allylic oxidation sites excluding steroid dienone is 9. The summed E-state index contributed by atoms with van der Waals surface area (Å²) in [6.45, 7) is 21.3. The average molecular weight is 387 g/mol. The molecule has 152 valence electrons. The minimum atomic E-state index is -1.65. The van der Waals surface area contributed by atoms with Crippen LogP contribution in [-0.2, 0) is 4.43 Å². The van der Waals surface area contributed by atoms with Gasteiger partial charge in [0.15, 0.2) is 8.32 Å². The molecule has 0 spiro atoms. The zero-order valence-electron chi connectivity index (χ0n) is 19.3. The van der Waals surface area contributed by atoms with Gasteiger partial charge < -0.3 is 4.43 Å². The van der Waals surface area contributed by atoms with Crippen LogP contribution in [0, 0.1) is 5.41 Å². The summed E-state index contributed by atoms with van der Waals surface area (Å²) in [6.07, 6.45) is 19.0. The Hall–Kier alpha value is -1.12. The number of hydrogen-bond acceptors (Lipinski definition) is 1. The second-order valence-electron chi connectivity index (χ2n) is 10.1. The van der Waals surface area contributed by atoms with Gasteiger partial charge in [-0.3, -0.25) is 0 Å². The minimum Gasteiger partial charge on any atom is -0.413 e. The lowest BCUT2D eigenvalue weighted by atomic mass is 9.73. The van der Waals surface area contributed by atoms with Crippen molar-refractivity contribution in [1.82, 2.24) is 0 Å². The van der Waals surface area contributed by atoms with Crippen LogP contribution in [0.3, 0.4) is 0 Å². The van der Waals surface area contributed by atoms with E-state index in [-0.39, 0.29) is 5.04 Å². The van der Waals surface area contributed by atoms with Crippen LogP contribution < -0.4 is 0 Å². The molecular formula is C25H42OSi. The molecule has 0 saturated heterocycles. The molecule has 1 nitrogen and oxygen atoms in total. The minimum absolute atomic E-state index is 0.264. The van der Waals surface area contributed by atoms with Crippen LogP contribution >= 0.6 is 0 Å². The monoisotopic (exact) mass is 386 g/mol. The molecule has 0 unspecified atom stereocenters. The van der Waals surface area contributed by atoms with Gasteiger partial charge in [-0.1, -0.05) is 88.3 Å². The predicted molar refractivity (Wildman–Crippen MR) is 125 cm³/mol. The van der Waals surface area contributed by atoms with E-state index in [4.69, 9.17) is 4.43 Å². The van der Waals surface area contributed by atoms with E-state index in [1.807, 2.05) is 0 Å². The SMILES string of the molecule is CC1=C(/C=C/C=C/C=C\C(C)=C\CO[Si](C)(C)C(C)(C)C)C(C)(C)CCC1. The summed E-state index contributed by atoms with van der Waals surface area (Å²) in [5.74, 6) is 0. The van der Waals surface area contributed by atoms with E-state index in [0.717, 1.165) is 0 Å². The molecule has 0 aromatic carbocycles. The Kier molecular flexibility index (Phi) is 8.76. The van der Waals surface area contributed by atoms with Gasteiger partial charge in [0, 0.05) is 0 Å². The summed E-state index contributed by atoms with van der Waals surface area (Å²) in [5.41, 5.74) is 4.62. The maximum absolute atomic E-state index is 6.20. The maximum atomic E-state index is 6.20. The molecule has 1 aliphatic rings. The van der Waals surface area contributed by atoms with Crippen molar-refractivity contribution >= 4 is 8.32 Å². The molecule has 27 heavy (non-hydrogen) atoms. The molecule has 0 saturated carbocycles. The quantitative estimate of drug-likeness (QED) is 0.317. The van der Waals surface area contributed by atoms with Crippen LogP contribution in [0.1, 0.15) is 67.7 Å². The molecule has 0 aromatic heterocycles. The zero-order valence-corrected chi connectivity index (χ0v) is 20.3. The molecule has 0 fully saturated rings. The van der Waals surface area contributed by atoms with Crippen molar-refractivity contribution in [2.24, 2.45) is 5.41 Å². The van der Waals surface area contributed by atoms with Crippen molar-refractivity contribution in [2.45, 2.75) is 85.9 Å². The molecular weight excluding hydrogens is 344 g/mol. The van der Waals surface area contributed by atoms with Gasteiger partial charge in [0.1, 0.15) is 0 Å². The third-order valence-electron chi connectivity index (χ3n) is 6.15. The summed E-state index contributed by atoms with van der Waals surface area (Å²) in [7, 11) is -1.65. The Balaban J connectivity index is 2.54. The Morgan fingerprint density at radius 2 is 1.74 bits per heavy atom. The average Bonchev–Trinajstić information content (AvgIpc) is 2.51. The van der Waals surface area contributed by atoms with Gasteiger partial charge in [-0.05, 0) is 62.2 Å². The number of rotatable bonds is 7. The lowest BCUT2D eigenvalue weighted by Crippen LogP contribution is -2.40. The van der Waals surface area contributed by atoms with E-state index < -0.39 is 8.32 Å². The van der Waals surface area contributed by atoms with Gasteiger partial charge in [0.05, 0.1) is 6.61 Å². The highest BCUT2D eigenvalue weighted by Gasteiger charge is 2.36. The van der Waals surface area contributed by atoms with Gasteiger partial charge >= 0.3 is 0 Å². The summed E-state index contributed by atoms with van der Waals surface area (Å²) in [5, 5.41) is 0.264. The maximum Gasteiger partial charge on any atom is 0.192 e. The lowest BCUT2D eigenvalue weighted by molar-refractivity contribution is 0.327. The van der Waals surface area contributed by atoms with E-state index in [1.165, 1.54) is 30.4 Å². The first kappa shape index (κ1) is 23.9. The molecule has 1 rings (SSSR count). The van der Waals surface area contributed by atoms with Crippen molar-refractivity contribution in [3.63, 3.8) is 0 Å². The summed E-state index contributed by atoms with van der Waals surface area (Å²) >= 11 is 0. The Bertz CT molecular complexity index is 634. The highest BCUT2D eigenvalue weighted by atomic mass is 28.4. The second-order valence-corrected chi connectivity index (χ2v) is 14.9. The van der Waals surface area contributed by atoms with E-state index in [2.05, 4.69) is 104 Å². The first-order chi connectivity index (χ1) is 12.4. The van der Waals surface area contributed by atoms with Crippen molar-refractivity contribution in [2.75, 3.05) is 6.61 Å². The third-order valence-corrected chi connectivity index (χ3v) is 10.7. The summed E-state index contributed by atoms with van der Waals surface area (Å²) < 4.78 is 6.20. The Morgan fingerprint density at radius 3 is 2.33 bits per heavy atom. The Morgan fingerprint density at radius 1 is 1.11 bits per heavy atom. The van der Waals surface area contributed by atoms with Crippen LogP contribution in [0.25, 0.3) is 0 Å². The number of hydrogen-bond donors (Lipinski definition) is 0. The fourth-order valence-corrected chi connectivity index (χ4v) is 4.10. The topological polar surface area (TPSA) is 9.23 Å². The first-order valence-electron chi connectivity index (χ1n) is 10.4. The molecule has 0 radical (unpaired) electrons. The predicted octanol–water partition coefficient (Wildman–Crippen LogP) is 8.15. The molecule has 0 N–H and O–H groups in total. The van der Waals surface area contributed by atoms with E-state index in [1.54, 1.807) is 5.57 Å². The molecule has 0 heterocycles. The van der Waals surface area contributed by atoms with Gasteiger partial charge in [0.2, 0.25) is 0 Å². The van der Waals surface area contributed by atoms with Crippen LogP contribution in [0.15, 0.2) is 59.3 Å². The lowest BCUT2D eigenvalue weighted by Gasteiger charge is -2.35. The molecule has 0 amide bonds. The van der Waals surface area contributed by atoms with Gasteiger partial charge in [0.25, 0.3) is 0 Å². The fourth-order valence-electron chi connectivity index (χ4n) is 3.16. The first-order valence-corrected chi connectivity index (χ1v) is 13.3. The van der Waals surface area contributed by atoms with Gasteiger partial charge in [-0.2, -0.15) is 0 Å². The summed E-state index contributed by atoms with van der Waals surface area (Å²) in [4.78, 5) is 0. The third kappa shape index (κ3) is 7.79. The van der Waals surface area contributed by atoms with Crippen LogP contribution in [0.2, 0.25) is 18.1 Å². The fraction of sp³-hybridized carbons (Fsp3) is 0.600. The van der Waals surface area contributed by atoms with Crippen LogP contribution in [-0.4, -0.2) is 14.9 Å². The van der Waals surface area contributed by atoms with Crippen molar-refractivity contribution in [1.29, 1.82) is 0 Å². The highest BCUT2D eigenvalue weighted by molar-refractivity contribution is 6.74. The molecule has 0 aromatic rings. The van der Waals surface area contributed by atoms with Crippen molar-refractivity contribution in [3.8, 4) is 0 Å². The Labute approximate surface area is 170 Å². The molecule has 0 aliphatic heterocycles. The summed E-state index contributed by atoms with van der Waals surface area (Å²) in [6, 6.07) is 0. The van der Waals surface area contributed by atoms with Gasteiger partial charge in [-0.25, -0.2) is 0 Å². The van der Waals surface area contributed by atoms with Crippen LogP contribution in [0.5, 0.6) is 0 Å². The van der Waals surface area contributed by atoms with E-state index >= 15 is 0 Å². The standard InChI is InChI=1S/C25H42OSi/c1-21(18-20-26-27(8,9)24(3,4)5)15-12-10-11-13-17-23-22(2)16-14-19-25(23,6)7/h10-13,15,17-18H,14,16,19-20H2,1-9H3/b11-10+,15-12-,17-13+,21-18+. The normalized spacial score (nSPS) is 19.8. The zero-order chi connectivity index (χ0) is 20.7. The molecule has 0 bridgehead atoms. The highest BCUT2D eigenvalue weighted by Crippen LogP contribution is 2.40. The second kappa shape index (κ2) is 9.89.